The molecule has 144 valence electrons. The highest BCUT2D eigenvalue weighted by atomic mass is 32.1. The van der Waals surface area contributed by atoms with Crippen LogP contribution in [0.1, 0.15) is 20.8 Å². The molecule has 6 nitrogen and oxygen atoms in total. The van der Waals surface area contributed by atoms with Gasteiger partial charge in [0, 0.05) is 10.9 Å². The van der Waals surface area contributed by atoms with Gasteiger partial charge >= 0.3 is 5.97 Å². The van der Waals surface area contributed by atoms with E-state index in [2.05, 4.69) is 0 Å². The Morgan fingerprint density at radius 3 is 2.83 bits per heavy atom. The highest BCUT2D eigenvalue weighted by Crippen LogP contribution is 2.37. The molecule has 0 N–H and O–H groups in total. The first-order valence-corrected chi connectivity index (χ1v) is 9.75. The molecule has 0 unspecified atom stereocenters. The molecule has 0 saturated heterocycles. The van der Waals surface area contributed by atoms with Crippen molar-refractivity contribution in [2.45, 2.75) is 6.42 Å². The van der Waals surface area contributed by atoms with E-state index in [1.54, 1.807) is 36.4 Å². The van der Waals surface area contributed by atoms with Gasteiger partial charge in [-0.05, 0) is 47.4 Å². The minimum absolute atomic E-state index is 0.185. The Morgan fingerprint density at radius 1 is 1.07 bits per heavy atom. The molecule has 0 aliphatic carbocycles. The Labute approximate surface area is 169 Å². The van der Waals surface area contributed by atoms with Crippen LogP contribution in [0.3, 0.4) is 0 Å². The number of Topliss-reactive ketones (excluding diaryl/α,β-unsaturated/α-hetero) is 1. The van der Waals surface area contributed by atoms with Crippen LogP contribution in [-0.2, 0) is 11.2 Å². The Bertz CT molecular complexity index is 1150. The summed E-state index contributed by atoms with van der Waals surface area (Å²) in [5, 5.41) is 1.91. The number of thiophene rings is 1. The summed E-state index contributed by atoms with van der Waals surface area (Å²) in [7, 11) is 0. The number of rotatable bonds is 4. The molecule has 3 heterocycles. The number of esters is 1. The maximum absolute atomic E-state index is 12.6. The summed E-state index contributed by atoms with van der Waals surface area (Å²) in [6.45, 7) is 0.185. The van der Waals surface area contributed by atoms with Gasteiger partial charge < -0.3 is 18.9 Å². The van der Waals surface area contributed by atoms with Gasteiger partial charge in [0.2, 0.25) is 12.6 Å². The second-order valence-electron chi connectivity index (χ2n) is 6.44. The molecule has 0 saturated carbocycles. The van der Waals surface area contributed by atoms with Gasteiger partial charge in [-0.2, -0.15) is 0 Å². The summed E-state index contributed by atoms with van der Waals surface area (Å²) in [5.74, 6) is 1.60. The summed E-state index contributed by atoms with van der Waals surface area (Å²) in [6.07, 6.45) is 1.84. The van der Waals surface area contributed by atoms with E-state index in [0.29, 0.717) is 28.6 Å². The summed E-state index contributed by atoms with van der Waals surface area (Å²) in [5.41, 5.74) is 1.18. The van der Waals surface area contributed by atoms with Gasteiger partial charge in [0.15, 0.2) is 17.3 Å². The number of fused-ring (bicyclic) bond motifs is 2. The maximum Gasteiger partial charge on any atom is 0.316 e. The van der Waals surface area contributed by atoms with Crippen molar-refractivity contribution in [3.8, 4) is 23.0 Å². The van der Waals surface area contributed by atoms with Crippen LogP contribution in [0.25, 0.3) is 6.08 Å². The highest BCUT2D eigenvalue weighted by molar-refractivity contribution is 7.10. The zero-order chi connectivity index (χ0) is 19.8. The average molecular weight is 406 g/mol. The van der Waals surface area contributed by atoms with Crippen molar-refractivity contribution in [3.05, 3.63) is 75.7 Å². The van der Waals surface area contributed by atoms with E-state index in [4.69, 9.17) is 18.9 Å². The predicted octanol–water partition coefficient (Wildman–Crippen LogP) is 4.24. The summed E-state index contributed by atoms with van der Waals surface area (Å²) < 4.78 is 21.7. The molecular formula is C22H14O6S. The van der Waals surface area contributed by atoms with Gasteiger partial charge in [0.05, 0.1) is 12.0 Å². The number of carbonyl (C=O) groups excluding carboxylic acids is 2. The molecule has 0 atom stereocenters. The van der Waals surface area contributed by atoms with Crippen molar-refractivity contribution >= 4 is 29.2 Å². The molecule has 3 aromatic rings. The van der Waals surface area contributed by atoms with Gasteiger partial charge in [-0.3, -0.25) is 9.59 Å². The minimum atomic E-state index is -0.368. The van der Waals surface area contributed by atoms with Crippen LogP contribution >= 0.6 is 11.3 Å². The van der Waals surface area contributed by atoms with Gasteiger partial charge in [0.1, 0.15) is 11.5 Å². The maximum atomic E-state index is 12.6. The van der Waals surface area contributed by atoms with E-state index in [1.165, 1.54) is 11.3 Å². The van der Waals surface area contributed by atoms with Crippen LogP contribution in [-0.4, -0.2) is 18.5 Å². The van der Waals surface area contributed by atoms with E-state index in [9.17, 15) is 9.59 Å². The molecule has 0 radical (unpaired) electrons. The Kier molecular flexibility index (Phi) is 4.29. The topological polar surface area (TPSA) is 71.1 Å². The van der Waals surface area contributed by atoms with E-state index in [-0.39, 0.29) is 30.7 Å². The number of ketones is 1. The van der Waals surface area contributed by atoms with Crippen molar-refractivity contribution in [1.82, 2.24) is 0 Å². The number of ether oxygens (including phenoxy) is 4. The zero-order valence-corrected chi connectivity index (χ0v) is 15.9. The molecule has 5 rings (SSSR count). The fourth-order valence-corrected chi connectivity index (χ4v) is 3.80. The quantitative estimate of drug-likeness (QED) is 0.367. The first-order valence-electron chi connectivity index (χ1n) is 8.87. The van der Waals surface area contributed by atoms with E-state index < -0.39 is 0 Å². The fraction of sp³-hybridized carbons (Fsp3) is 0.0909. The van der Waals surface area contributed by atoms with Crippen LogP contribution in [0.5, 0.6) is 23.0 Å². The number of hydrogen-bond acceptors (Lipinski definition) is 7. The third-order valence-corrected chi connectivity index (χ3v) is 5.34. The Balaban J connectivity index is 1.33. The normalized spacial score (nSPS) is 15.3. The molecule has 0 bridgehead atoms. The fourth-order valence-electron chi connectivity index (χ4n) is 3.11. The van der Waals surface area contributed by atoms with Crippen LogP contribution in [0.2, 0.25) is 0 Å². The van der Waals surface area contributed by atoms with Crippen molar-refractivity contribution in [2.75, 3.05) is 6.79 Å². The van der Waals surface area contributed by atoms with Crippen LogP contribution < -0.4 is 18.9 Å². The van der Waals surface area contributed by atoms with E-state index in [1.807, 2.05) is 23.6 Å². The molecule has 2 aliphatic rings. The zero-order valence-electron chi connectivity index (χ0n) is 15.0. The first kappa shape index (κ1) is 17.5. The number of carbonyl (C=O) groups is 2. The standard InChI is InChI=1S/C22H14O6S/c23-21(11-15-2-1-7-29-15)27-14-4-5-16-18(10-14)28-20(22(16)24)9-13-3-6-17-19(8-13)26-12-25-17/h1-10H,11-12H2/b20-9-. The van der Waals surface area contributed by atoms with Crippen molar-refractivity contribution < 1.29 is 28.5 Å². The number of allylic oxidation sites excluding steroid dienone is 1. The lowest BCUT2D eigenvalue weighted by atomic mass is 10.1. The Morgan fingerprint density at radius 2 is 1.97 bits per heavy atom. The molecule has 2 aromatic carbocycles. The number of hydrogen-bond donors (Lipinski definition) is 0. The smallest absolute Gasteiger partial charge is 0.316 e. The van der Waals surface area contributed by atoms with Gasteiger partial charge in [-0.25, -0.2) is 0 Å². The second-order valence-corrected chi connectivity index (χ2v) is 7.47. The lowest BCUT2D eigenvalue weighted by Gasteiger charge is -2.05. The average Bonchev–Trinajstić information content (AvgIpc) is 3.43. The highest BCUT2D eigenvalue weighted by Gasteiger charge is 2.28. The molecular weight excluding hydrogens is 392 g/mol. The summed E-state index contributed by atoms with van der Waals surface area (Å²) in [6, 6.07) is 13.9. The molecule has 0 fully saturated rings. The Hall–Kier alpha value is -3.58. The summed E-state index contributed by atoms with van der Waals surface area (Å²) in [4.78, 5) is 25.6. The van der Waals surface area contributed by atoms with Crippen molar-refractivity contribution in [1.29, 1.82) is 0 Å². The van der Waals surface area contributed by atoms with Crippen molar-refractivity contribution in [2.24, 2.45) is 0 Å². The molecule has 29 heavy (non-hydrogen) atoms. The predicted molar refractivity (Wildman–Crippen MR) is 106 cm³/mol. The lowest BCUT2D eigenvalue weighted by Crippen LogP contribution is -2.10. The first-order chi connectivity index (χ1) is 14.2. The SMILES string of the molecule is O=C(Cc1cccs1)Oc1ccc2c(c1)O/C(=C\c1ccc3c(c1)OCO3)C2=O. The summed E-state index contributed by atoms with van der Waals surface area (Å²) >= 11 is 1.50. The van der Waals surface area contributed by atoms with Crippen LogP contribution in [0.15, 0.2) is 59.7 Å². The second kappa shape index (κ2) is 7.10. The van der Waals surface area contributed by atoms with E-state index in [0.717, 1.165) is 10.4 Å². The van der Waals surface area contributed by atoms with Crippen LogP contribution in [0, 0.1) is 0 Å². The van der Waals surface area contributed by atoms with E-state index >= 15 is 0 Å². The van der Waals surface area contributed by atoms with Crippen molar-refractivity contribution in [3.63, 3.8) is 0 Å². The molecule has 0 amide bonds. The molecule has 2 aliphatic heterocycles. The van der Waals surface area contributed by atoms with Gasteiger partial charge in [-0.15, -0.1) is 11.3 Å². The molecule has 0 spiro atoms. The largest absolute Gasteiger partial charge is 0.454 e. The molecule has 7 heteroatoms. The van der Waals surface area contributed by atoms with Gasteiger partial charge in [0.25, 0.3) is 0 Å². The monoisotopic (exact) mass is 406 g/mol. The lowest BCUT2D eigenvalue weighted by molar-refractivity contribution is -0.133. The molecule has 1 aromatic heterocycles. The third kappa shape index (κ3) is 3.48. The minimum Gasteiger partial charge on any atom is -0.454 e. The third-order valence-electron chi connectivity index (χ3n) is 4.47. The van der Waals surface area contributed by atoms with Crippen LogP contribution in [0.4, 0.5) is 0 Å². The number of benzene rings is 2. The van der Waals surface area contributed by atoms with Gasteiger partial charge in [-0.1, -0.05) is 12.1 Å².